The summed E-state index contributed by atoms with van der Waals surface area (Å²) in [7, 11) is 1.60. The molecule has 5 nitrogen and oxygen atoms in total. The van der Waals surface area contributed by atoms with Gasteiger partial charge in [0, 0.05) is 37.7 Å². The first-order chi connectivity index (χ1) is 14.1. The van der Waals surface area contributed by atoms with E-state index in [-0.39, 0.29) is 11.7 Å². The van der Waals surface area contributed by atoms with E-state index in [0.717, 1.165) is 43.6 Å². The van der Waals surface area contributed by atoms with Gasteiger partial charge < -0.3 is 15.2 Å². The Kier molecular flexibility index (Phi) is 7.53. The molecule has 156 valence electrons. The fourth-order valence-electron chi connectivity index (χ4n) is 4.18. The summed E-state index contributed by atoms with van der Waals surface area (Å²) in [6.45, 7) is 5.41. The molecule has 1 fully saturated rings. The fraction of sp³-hybridized carbons (Fsp3) is 0.458. The maximum Gasteiger partial charge on any atom is 0.220 e. The van der Waals surface area contributed by atoms with E-state index in [9.17, 15) is 9.90 Å². The summed E-state index contributed by atoms with van der Waals surface area (Å²) in [5, 5.41) is 13.3. The molecule has 2 aromatic carbocycles. The number of piperidine rings is 1. The van der Waals surface area contributed by atoms with Gasteiger partial charge in [0.25, 0.3) is 0 Å². The maximum absolute atomic E-state index is 12.5. The number of nitrogens with zero attached hydrogens (tertiary/aromatic N) is 1. The molecule has 1 aliphatic heterocycles. The molecule has 0 bridgehead atoms. The Labute approximate surface area is 173 Å². The Morgan fingerprint density at radius 3 is 2.69 bits per heavy atom. The van der Waals surface area contributed by atoms with E-state index in [0.29, 0.717) is 30.6 Å². The second-order valence-electron chi connectivity index (χ2n) is 7.91. The number of ether oxygens (including phenoxy) is 1. The number of hydrogen-bond acceptors (Lipinski definition) is 4. The van der Waals surface area contributed by atoms with Crippen LogP contribution < -0.4 is 10.1 Å². The van der Waals surface area contributed by atoms with E-state index < -0.39 is 0 Å². The Morgan fingerprint density at radius 1 is 1.21 bits per heavy atom. The SMILES string of the molecule is CC[C@@H]1CN(Cc2ccc(OC)cc2O)CC[C@H]1CC(=O)NCc1ccccc1. The minimum atomic E-state index is 0.138. The standard InChI is InChI=1S/C24H32N2O3/c1-3-19-16-26(17-21-9-10-22(29-2)14-23(21)27)12-11-20(19)13-24(28)25-15-18-7-5-4-6-8-18/h4-10,14,19-20,27H,3,11-13,15-17H2,1-2H3,(H,25,28)/t19-,20+/m1/s1. The highest BCUT2D eigenvalue weighted by Crippen LogP contribution is 2.31. The molecule has 5 heteroatoms. The Balaban J connectivity index is 1.50. The van der Waals surface area contributed by atoms with Crippen LogP contribution in [0.4, 0.5) is 0 Å². The van der Waals surface area contributed by atoms with Crippen LogP contribution in [-0.2, 0) is 17.9 Å². The third kappa shape index (κ3) is 5.97. The number of hydrogen-bond donors (Lipinski definition) is 2. The molecule has 29 heavy (non-hydrogen) atoms. The van der Waals surface area contributed by atoms with Crippen molar-refractivity contribution in [1.29, 1.82) is 0 Å². The lowest BCUT2D eigenvalue weighted by molar-refractivity contribution is -0.123. The molecule has 1 heterocycles. The van der Waals surface area contributed by atoms with Gasteiger partial charge in [0.2, 0.25) is 5.91 Å². The van der Waals surface area contributed by atoms with Gasteiger partial charge in [0.15, 0.2) is 0 Å². The largest absolute Gasteiger partial charge is 0.507 e. The number of benzene rings is 2. The summed E-state index contributed by atoms with van der Waals surface area (Å²) in [4.78, 5) is 14.8. The summed E-state index contributed by atoms with van der Waals surface area (Å²) in [5.74, 6) is 1.99. The van der Waals surface area contributed by atoms with E-state index in [4.69, 9.17) is 4.74 Å². The van der Waals surface area contributed by atoms with Crippen molar-refractivity contribution >= 4 is 5.91 Å². The van der Waals surface area contributed by atoms with Crippen LogP contribution in [0, 0.1) is 11.8 Å². The second kappa shape index (κ2) is 10.3. The Morgan fingerprint density at radius 2 is 2.00 bits per heavy atom. The number of likely N-dealkylation sites (tertiary alicyclic amines) is 1. The summed E-state index contributed by atoms with van der Waals surface area (Å²) in [5.41, 5.74) is 2.04. The molecule has 1 saturated heterocycles. The quantitative estimate of drug-likeness (QED) is 0.709. The average Bonchev–Trinajstić information content (AvgIpc) is 2.75. The Hall–Kier alpha value is -2.53. The predicted molar refractivity (Wildman–Crippen MR) is 115 cm³/mol. The van der Waals surface area contributed by atoms with Gasteiger partial charge in [0.1, 0.15) is 11.5 Å². The zero-order valence-electron chi connectivity index (χ0n) is 17.4. The van der Waals surface area contributed by atoms with Crippen molar-refractivity contribution in [2.24, 2.45) is 11.8 Å². The first kappa shape index (κ1) is 21.2. The van der Waals surface area contributed by atoms with Gasteiger partial charge >= 0.3 is 0 Å². The van der Waals surface area contributed by atoms with Crippen molar-refractivity contribution in [2.45, 2.75) is 39.3 Å². The topological polar surface area (TPSA) is 61.8 Å². The van der Waals surface area contributed by atoms with Crippen LogP contribution in [0.1, 0.15) is 37.3 Å². The number of aromatic hydroxyl groups is 1. The van der Waals surface area contributed by atoms with E-state index in [1.807, 2.05) is 42.5 Å². The molecule has 0 spiro atoms. The molecule has 3 rings (SSSR count). The number of nitrogens with one attached hydrogen (secondary N) is 1. The van der Waals surface area contributed by atoms with Crippen molar-refractivity contribution in [3.8, 4) is 11.5 Å². The van der Waals surface area contributed by atoms with Crippen LogP contribution in [0.2, 0.25) is 0 Å². The number of phenols is 1. The molecule has 2 N–H and O–H groups in total. The number of methoxy groups -OCH3 is 1. The van der Waals surface area contributed by atoms with Crippen molar-refractivity contribution in [3.05, 3.63) is 59.7 Å². The van der Waals surface area contributed by atoms with Crippen molar-refractivity contribution < 1.29 is 14.6 Å². The van der Waals surface area contributed by atoms with Crippen LogP contribution in [-0.4, -0.2) is 36.1 Å². The molecule has 0 radical (unpaired) electrons. The lowest BCUT2D eigenvalue weighted by Gasteiger charge is -2.38. The van der Waals surface area contributed by atoms with Gasteiger partial charge in [-0.15, -0.1) is 0 Å². The molecule has 0 saturated carbocycles. The Bertz CT molecular complexity index is 794. The maximum atomic E-state index is 12.5. The zero-order valence-corrected chi connectivity index (χ0v) is 17.4. The minimum Gasteiger partial charge on any atom is -0.507 e. The van der Waals surface area contributed by atoms with Crippen molar-refractivity contribution in [3.63, 3.8) is 0 Å². The molecule has 2 aromatic rings. The van der Waals surface area contributed by atoms with Gasteiger partial charge in [-0.2, -0.15) is 0 Å². The molecular formula is C24H32N2O3. The first-order valence-corrected chi connectivity index (χ1v) is 10.5. The number of amides is 1. The van der Waals surface area contributed by atoms with Crippen LogP contribution in [0.3, 0.4) is 0 Å². The third-order valence-corrected chi connectivity index (χ3v) is 5.97. The predicted octanol–water partition coefficient (Wildman–Crippen LogP) is 3.96. The summed E-state index contributed by atoms with van der Waals surface area (Å²) in [6.07, 6.45) is 2.66. The van der Waals surface area contributed by atoms with Gasteiger partial charge in [0.05, 0.1) is 7.11 Å². The number of carbonyl (C=O) groups is 1. The normalized spacial score (nSPS) is 19.7. The van der Waals surface area contributed by atoms with Gasteiger partial charge in [-0.25, -0.2) is 0 Å². The monoisotopic (exact) mass is 396 g/mol. The lowest BCUT2D eigenvalue weighted by atomic mass is 9.81. The van der Waals surface area contributed by atoms with E-state index in [2.05, 4.69) is 17.1 Å². The number of carbonyl (C=O) groups excluding carboxylic acids is 1. The summed E-state index contributed by atoms with van der Waals surface area (Å²) < 4.78 is 5.16. The smallest absolute Gasteiger partial charge is 0.220 e. The van der Waals surface area contributed by atoms with Crippen molar-refractivity contribution in [1.82, 2.24) is 10.2 Å². The highest BCUT2D eigenvalue weighted by Gasteiger charge is 2.29. The molecule has 0 unspecified atom stereocenters. The minimum absolute atomic E-state index is 0.138. The average molecular weight is 397 g/mol. The number of phenolic OH excluding ortho intramolecular Hbond substituents is 1. The lowest BCUT2D eigenvalue weighted by Crippen LogP contribution is -2.41. The van der Waals surface area contributed by atoms with Crippen LogP contribution in [0.15, 0.2) is 48.5 Å². The molecule has 1 aliphatic rings. The van der Waals surface area contributed by atoms with E-state index >= 15 is 0 Å². The molecular weight excluding hydrogens is 364 g/mol. The van der Waals surface area contributed by atoms with Gasteiger partial charge in [-0.3, -0.25) is 9.69 Å². The van der Waals surface area contributed by atoms with Gasteiger partial charge in [-0.1, -0.05) is 49.7 Å². The second-order valence-corrected chi connectivity index (χ2v) is 7.91. The van der Waals surface area contributed by atoms with Crippen LogP contribution in [0.5, 0.6) is 11.5 Å². The molecule has 0 aliphatic carbocycles. The van der Waals surface area contributed by atoms with E-state index in [1.165, 1.54) is 0 Å². The van der Waals surface area contributed by atoms with Crippen molar-refractivity contribution in [2.75, 3.05) is 20.2 Å². The molecule has 2 atom stereocenters. The van der Waals surface area contributed by atoms with Crippen LogP contribution >= 0.6 is 0 Å². The zero-order chi connectivity index (χ0) is 20.6. The highest BCUT2D eigenvalue weighted by molar-refractivity contribution is 5.76. The fourth-order valence-corrected chi connectivity index (χ4v) is 4.18. The highest BCUT2D eigenvalue weighted by atomic mass is 16.5. The first-order valence-electron chi connectivity index (χ1n) is 10.5. The summed E-state index contributed by atoms with van der Waals surface area (Å²) >= 11 is 0. The van der Waals surface area contributed by atoms with Gasteiger partial charge in [-0.05, 0) is 36.4 Å². The van der Waals surface area contributed by atoms with E-state index in [1.54, 1.807) is 13.2 Å². The summed E-state index contributed by atoms with van der Waals surface area (Å²) in [6, 6.07) is 15.5. The third-order valence-electron chi connectivity index (χ3n) is 5.97. The number of rotatable bonds is 8. The molecule has 0 aromatic heterocycles. The van der Waals surface area contributed by atoms with Crippen LogP contribution in [0.25, 0.3) is 0 Å². The molecule has 1 amide bonds.